The van der Waals surface area contributed by atoms with E-state index in [0.29, 0.717) is 15.7 Å². The average Bonchev–Trinajstić information content (AvgIpc) is 3.12. The van der Waals surface area contributed by atoms with Gasteiger partial charge in [-0.3, -0.25) is 4.79 Å². The van der Waals surface area contributed by atoms with Gasteiger partial charge in [-0.25, -0.2) is 17.7 Å². The number of anilines is 1. The molecule has 3 aromatic rings. The van der Waals surface area contributed by atoms with Gasteiger partial charge in [0.2, 0.25) is 10.0 Å². The van der Waals surface area contributed by atoms with Crippen LogP contribution >= 0.6 is 22.9 Å². The Morgan fingerprint density at radius 1 is 1.15 bits per heavy atom. The van der Waals surface area contributed by atoms with Gasteiger partial charge in [0.25, 0.3) is 5.91 Å². The highest BCUT2D eigenvalue weighted by Gasteiger charge is 2.17. The molecule has 27 heavy (non-hydrogen) atoms. The molecule has 0 spiro atoms. The maximum Gasteiger partial charge on any atom is 0.275 e. The molecule has 0 radical (unpaired) electrons. The minimum absolute atomic E-state index is 0.155. The van der Waals surface area contributed by atoms with Crippen molar-refractivity contribution >= 4 is 44.6 Å². The van der Waals surface area contributed by atoms with Gasteiger partial charge in [0.05, 0.1) is 4.90 Å². The molecule has 0 bridgehead atoms. The van der Waals surface area contributed by atoms with Gasteiger partial charge in [-0.05, 0) is 36.4 Å². The van der Waals surface area contributed by atoms with Crippen LogP contribution in [0.2, 0.25) is 5.02 Å². The lowest BCUT2D eigenvalue weighted by molar-refractivity contribution is 0.102. The number of hydrogen-bond acceptors (Lipinski definition) is 5. The lowest BCUT2D eigenvalue weighted by Gasteiger charge is -2.11. The fourth-order valence-electron chi connectivity index (χ4n) is 2.25. The van der Waals surface area contributed by atoms with Crippen LogP contribution < -0.4 is 5.32 Å². The van der Waals surface area contributed by atoms with Crippen molar-refractivity contribution in [3.05, 3.63) is 64.6 Å². The maximum absolute atomic E-state index is 12.4. The van der Waals surface area contributed by atoms with E-state index in [2.05, 4.69) is 10.3 Å². The van der Waals surface area contributed by atoms with E-state index in [-0.39, 0.29) is 16.5 Å². The Balaban J connectivity index is 1.75. The Morgan fingerprint density at radius 2 is 1.85 bits per heavy atom. The summed E-state index contributed by atoms with van der Waals surface area (Å²) in [6.07, 6.45) is 0. The highest BCUT2D eigenvalue weighted by Crippen LogP contribution is 2.26. The number of rotatable bonds is 5. The van der Waals surface area contributed by atoms with Gasteiger partial charge in [-0.15, -0.1) is 11.3 Å². The van der Waals surface area contributed by atoms with Crippen molar-refractivity contribution in [3.63, 3.8) is 0 Å². The predicted molar refractivity (Wildman–Crippen MR) is 108 cm³/mol. The molecule has 2 aromatic carbocycles. The van der Waals surface area contributed by atoms with Gasteiger partial charge in [-0.2, -0.15) is 0 Å². The molecule has 9 heteroatoms. The second kappa shape index (κ2) is 7.77. The first-order chi connectivity index (χ1) is 12.8. The van der Waals surface area contributed by atoms with Crippen molar-refractivity contribution in [2.75, 3.05) is 19.4 Å². The normalized spacial score (nSPS) is 11.6. The molecular formula is C18H16ClN3O3S2. The number of halogens is 1. The number of carbonyl (C=O) groups is 1. The number of benzene rings is 2. The van der Waals surface area contributed by atoms with Gasteiger partial charge < -0.3 is 5.32 Å². The van der Waals surface area contributed by atoms with Crippen LogP contribution in [0.25, 0.3) is 10.6 Å². The third kappa shape index (κ3) is 4.36. The zero-order valence-electron chi connectivity index (χ0n) is 14.5. The van der Waals surface area contributed by atoms with Crippen LogP contribution in [0.4, 0.5) is 5.69 Å². The maximum atomic E-state index is 12.4. The molecule has 0 saturated carbocycles. The van der Waals surface area contributed by atoms with Crippen molar-refractivity contribution < 1.29 is 13.2 Å². The molecule has 6 nitrogen and oxygen atoms in total. The largest absolute Gasteiger partial charge is 0.321 e. The van der Waals surface area contributed by atoms with Crippen LogP contribution in [0.3, 0.4) is 0 Å². The first-order valence-electron chi connectivity index (χ1n) is 7.83. The molecule has 0 unspecified atom stereocenters. The van der Waals surface area contributed by atoms with E-state index in [1.54, 1.807) is 29.6 Å². The standard InChI is InChI=1S/C18H16ClN3O3S2/c1-22(2)27(24,25)15-8-6-14(7-9-15)20-17(23)16-11-26-18(21-16)12-4-3-5-13(19)10-12/h3-11H,1-2H3,(H,20,23). The fourth-order valence-corrected chi connectivity index (χ4v) is 4.14. The Bertz CT molecular complexity index is 1080. The molecule has 0 fully saturated rings. The molecule has 0 aliphatic rings. The van der Waals surface area contributed by atoms with E-state index < -0.39 is 10.0 Å². The molecule has 1 N–H and O–H groups in total. The predicted octanol–water partition coefficient (Wildman–Crippen LogP) is 3.97. The third-order valence-electron chi connectivity index (χ3n) is 3.70. The number of hydrogen-bond donors (Lipinski definition) is 1. The summed E-state index contributed by atoms with van der Waals surface area (Å²) in [5, 5.41) is 5.66. The van der Waals surface area contributed by atoms with Gasteiger partial charge in [0.1, 0.15) is 10.7 Å². The molecule has 3 rings (SSSR count). The summed E-state index contributed by atoms with van der Waals surface area (Å²) >= 11 is 7.33. The minimum atomic E-state index is -3.51. The van der Waals surface area contributed by atoms with Crippen LogP contribution in [0.5, 0.6) is 0 Å². The van der Waals surface area contributed by atoms with Crippen molar-refractivity contribution in [1.82, 2.24) is 9.29 Å². The monoisotopic (exact) mass is 421 g/mol. The number of aromatic nitrogens is 1. The Morgan fingerprint density at radius 3 is 2.48 bits per heavy atom. The van der Waals surface area contributed by atoms with E-state index in [9.17, 15) is 13.2 Å². The molecule has 1 aromatic heterocycles. The van der Waals surface area contributed by atoms with Crippen LogP contribution in [-0.4, -0.2) is 37.7 Å². The number of amides is 1. The van der Waals surface area contributed by atoms with Crippen LogP contribution in [0.15, 0.2) is 58.8 Å². The summed E-state index contributed by atoms with van der Waals surface area (Å²) in [5.74, 6) is -0.372. The molecular weight excluding hydrogens is 406 g/mol. The van der Waals surface area contributed by atoms with Gasteiger partial charge >= 0.3 is 0 Å². The van der Waals surface area contributed by atoms with Crippen molar-refractivity contribution in [2.24, 2.45) is 0 Å². The Hall–Kier alpha value is -2.26. The van der Waals surface area contributed by atoms with Crippen LogP contribution in [0.1, 0.15) is 10.5 Å². The van der Waals surface area contributed by atoms with E-state index in [1.165, 1.54) is 37.6 Å². The summed E-state index contributed by atoms with van der Waals surface area (Å²) in [6, 6.07) is 13.2. The summed E-state index contributed by atoms with van der Waals surface area (Å²) in [6.45, 7) is 0. The van der Waals surface area contributed by atoms with Gasteiger partial charge in [-0.1, -0.05) is 23.7 Å². The molecule has 0 aliphatic carbocycles. The number of nitrogens with zero attached hydrogens (tertiary/aromatic N) is 2. The lowest BCUT2D eigenvalue weighted by Crippen LogP contribution is -2.22. The van der Waals surface area contributed by atoms with Crippen LogP contribution in [0, 0.1) is 0 Å². The lowest BCUT2D eigenvalue weighted by atomic mass is 10.2. The molecule has 0 aliphatic heterocycles. The molecule has 0 atom stereocenters. The quantitative estimate of drug-likeness (QED) is 0.676. The van der Waals surface area contributed by atoms with Crippen molar-refractivity contribution in [1.29, 1.82) is 0 Å². The number of nitrogens with one attached hydrogen (secondary N) is 1. The molecule has 1 heterocycles. The molecule has 140 valence electrons. The van der Waals surface area contributed by atoms with Crippen molar-refractivity contribution in [3.8, 4) is 10.6 Å². The number of carbonyl (C=O) groups excluding carboxylic acids is 1. The summed E-state index contributed by atoms with van der Waals surface area (Å²) in [7, 11) is -0.580. The smallest absolute Gasteiger partial charge is 0.275 e. The topological polar surface area (TPSA) is 79.4 Å². The van der Waals surface area contributed by atoms with E-state index in [4.69, 9.17) is 11.6 Å². The number of sulfonamides is 1. The second-order valence-corrected chi connectivity index (χ2v) is 9.26. The van der Waals surface area contributed by atoms with Crippen LogP contribution in [-0.2, 0) is 10.0 Å². The fraction of sp³-hybridized carbons (Fsp3) is 0.111. The minimum Gasteiger partial charge on any atom is -0.321 e. The molecule has 0 saturated heterocycles. The van der Waals surface area contributed by atoms with E-state index in [1.807, 2.05) is 12.1 Å². The SMILES string of the molecule is CN(C)S(=O)(=O)c1ccc(NC(=O)c2csc(-c3cccc(Cl)c3)n2)cc1. The van der Waals surface area contributed by atoms with Gasteiger partial charge in [0.15, 0.2) is 0 Å². The van der Waals surface area contributed by atoms with Gasteiger partial charge in [0, 0.05) is 35.7 Å². The number of thiazole rings is 1. The zero-order valence-corrected chi connectivity index (χ0v) is 16.9. The molecule has 1 amide bonds. The van der Waals surface area contributed by atoms with E-state index >= 15 is 0 Å². The average molecular weight is 422 g/mol. The second-order valence-electron chi connectivity index (χ2n) is 5.81. The Labute approximate surface area is 166 Å². The Kier molecular flexibility index (Phi) is 5.61. The summed E-state index contributed by atoms with van der Waals surface area (Å²) in [4.78, 5) is 16.9. The first kappa shape index (κ1) is 19.5. The third-order valence-corrected chi connectivity index (χ3v) is 6.65. The summed E-state index contributed by atoms with van der Waals surface area (Å²) < 4.78 is 25.3. The highest BCUT2D eigenvalue weighted by atomic mass is 35.5. The van der Waals surface area contributed by atoms with Crippen molar-refractivity contribution in [2.45, 2.75) is 4.90 Å². The zero-order chi connectivity index (χ0) is 19.6. The highest BCUT2D eigenvalue weighted by molar-refractivity contribution is 7.89. The van der Waals surface area contributed by atoms with E-state index in [0.717, 1.165) is 9.87 Å². The first-order valence-corrected chi connectivity index (χ1v) is 10.5. The summed E-state index contributed by atoms with van der Waals surface area (Å²) in [5.41, 5.74) is 1.60.